The van der Waals surface area contributed by atoms with E-state index in [9.17, 15) is 8.42 Å². The molecule has 23 heavy (non-hydrogen) atoms. The van der Waals surface area contributed by atoms with Gasteiger partial charge in [-0.3, -0.25) is 0 Å². The fourth-order valence-corrected chi connectivity index (χ4v) is 3.87. The first-order chi connectivity index (χ1) is 11.0. The lowest BCUT2D eigenvalue weighted by atomic mass is 10.3. The Kier molecular flexibility index (Phi) is 4.84. The van der Waals surface area contributed by atoms with Gasteiger partial charge in [0.2, 0.25) is 10.0 Å². The van der Waals surface area contributed by atoms with Gasteiger partial charge in [0.25, 0.3) is 0 Å². The third-order valence-corrected chi connectivity index (χ3v) is 5.45. The maximum absolute atomic E-state index is 12.2. The van der Waals surface area contributed by atoms with Crippen LogP contribution in [0, 0.1) is 0 Å². The Morgan fingerprint density at radius 1 is 1.17 bits per heavy atom. The Morgan fingerprint density at radius 3 is 2.61 bits per heavy atom. The lowest BCUT2D eigenvalue weighted by Crippen LogP contribution is -2.23. The molecule has 0 aliphatic carbocycles. The molecule has 1 saturated heterocycles. The molecule has 122 valence electrons. The summed E-state index contributed by atoms with van der Waals surface area (Å²) in [5.41, 5.74) is 0.818. The summed E-state index contributed by atoms with van der Waals surface area (Å²) in [6.07, 6.45) is 4.11. The van der Waals surface area contributed by atoms with Crippen LogP contribution in [0.3, 0.4) is 0 Å². The number of hydrogen-bond acceptors (Lipinski definition) is 4. The fourth-order valence-electron chi connectivity index (χ4n) is 2.55. The van der Waals surface area contributed by atoms with Gasteiger partial charge in [0.1, 0.15) is 5.82 Å². The van der Waals surface area contributed by atoms with E-state index in [0.717, 1.165) is 24.5 Å². The zero-order chi connectivity index (χ0) is 16.3. The Hall–Kier alpha value is -1.63. The Labute approximate surface area is 141 Å². The zero-order valence-electron chi connectivity index (χ0n) is 12.6. The topological polar surface area (TPSA) is 62.3 Å². The van der Waals surface area contributed by atoms with Gasteiger partial charge in [0.15, 0.2) is 0 Å². The maximum atomic E-state index is 12.2. The van der Waals surface area contributed by atoms with Crippen molar-refractivity contribution in [1.29, 1.82) is 0 Å². The summed E-state index contributed by atoms with van der Waals surface area (Å²) in [6.45, 7) is 2.27. The third-order valence-electron chi connectivity index (χ3n) is 3.81. The largest absolute Gasteiger partial charge is 0.357 e. The van der Waals surface area contributed by atoms with E-state index < -0.39 is 10.0 Å². The summed E-state index contributed by atoms with van der Waals surface area (Å²) in [4.78, 5) is 6.81. The second-order valence-corrected chi connectivity index (χ2v) is 7.70. The molecule has 2 aromatic rings. The highest BCUT2D eigenvalue weighted by Gasteiger charge is 2.15. The highest BCUT2D eigenvalue weighted by molar-refractivity contribution is 7.89. The number of rotatable bonds is 5. The molecule has 3 rings (SSSR count). The molecule has 1 aliphatic rings. The number of nitrogens with zero attached hydrogens (tertiary/aromatic N) is 2. The van der Waals surface area contributed by atoms with Crippen LogP contribution in [0.1, 0.15) is 18.4 Å². The predicted molar refractivity (Wildman–Crippen MR) is 91.2 cm³/mol. The van der Waals surface area contributed by atoms with Crippen LogP contribution >= 0.6 is 11.6 Å². The van der Waals surface area contributed by atoms with Gasteiger partial charge < -0.3 is 4.90 Å². The molecule has 5 nitrogen and oxygen atoms in total. The molecular weight excluding hydrogens is 334 g/mol. The predicted octanol–water partition coefficient (Wildman–Crippen LogP) is 2.81. The Bertz CT molecular complexity index is 772. The van der Waals surface area contributed by atoms with Crippen molar-refractivity contribution in [3.63, 3.8) is 0 Å². The number of benzene rings is 1. The summed E-state index contributed by atoms with van der Waals surface area (Å²) < 4.78 is 27.0. The van der Waals surface area contributed by atoms with Crippen molar-refractivity contribution < 1.29 is 8.42 Å². The number of anilines is 1. The van der Waals surface area contributed by atoms with Crippen molar-refractivity contribution in [3.8, 4) is 0 Å². The van der Waals surface area contributed by atoms with Gasteiger partial charge in [-0.2, -0.15) is 0 Å². The summed E-state index contributed by atoms with van der Waals surface area (Å²) >= 11 is 5.84. The molecule has 1 aromatic carbocycles. The van der Waals surface area contributed by atoms with E-state index in [4.69, 9.17) is 11.6 Å². The monoisotopic (exact) mass is 351 g/mol. The van der Waals surface area contributed by atoms with E-state index in [0.29, 0.717) is 5.02 Å². The summed E-state index contributed by atoms with van der Waals surface area (Å²) in [6, 6.07) is 10.0. The van der Waals surface area contributed by atoms with Crippen molar-refractivity contribution in [2.75, 3.05) is 18.0 Å². The van der Waals surface area contributed by atoms with Crippen LogP contribution in [0.15, 0.2) is 47.5 Å². The van der Waals surface area contributed by atoms with Crippen LogP contribution in [0.5, 0.6) is 0 Å². The molecule has 0 bridgehead atoms. The zero-order valence-corrected chi connectivity index (χ0v) is 14.1. The second-order valence-electron chi connectivity index (χ2n) is 5.50. The first kappa shape index (κ1) is 16.2. The molecule has 0 saturated carbocycles. The molecule has 2 heterocycles. The standard InChI is InChI=1S/C16H18ClN3O2S/c17-14-4-3-5-15(10-14)23(21,22)19-12-13-6-7-16(18-11-13)20-8-1-2-9-20/h3-7,10-11,19H,1-2,8-9,12H2. The van der Waals surface area contributed by atoms with E-state index in [1.807, 2.05) is 12.1 Å². The highest BCUT2D eigenvalue weighted by atomic mass is 35.5. The SMILES string of the molecule is O=S(=O)(NCc1ccc(N2CCCC2)nc1)c1cccc(Cl)c1. The molecule has 0 spiro atoms. The van der Waals surface area contributed by atoms with Gasteiger partial charge >= 0.3 is 0 Å². The summed E-state index contributed by atoms with van der Waals surface area (Å²) in [7, 11) is -3.58. The van der Waals surface area contributed by atoms with Crippen molar-refractivity contribution >= 4 is 27.4 Å². The third kappa shape index (κ3) is 4.02. The highest BCUT2D eigenvalue weighted by Crippen LogP contribution is 2.18. The Morgan fingerprint density at radius 2 is 1.96 bits per heavy atom. The van der Waals surface area contributed by atoms with E-state index in [1.54, 1.807) is 18.3 Å². The number of sulfonamides is 1. The van der Waals surface area contributed by atoms with Gasteiger partial charge in [0.05, 0.1) is 4.90 Å². The van der Waals surface area contributed by atoms with Crippen LogP contribution in [0.25, 0.3) is 0 Å². The van der Waals surface area contributed by atoms with E-state index in [-0.39, 0.29) is 11.4 Å². The number of pyridine rings is 1. The van der Waals surface area contributed by atoms with Crippen LogP contribution in [0.2, 0.25) is 5.02 Å². The number of halogens is 1. The van der Waals surface area contributed by atoms with E-state index in [2.05, 4.69) is 14.6 Å². The molecule has 0 amide bonds. The Balaban J connectivity index is 1.65. The summed E-state index contributed by atoms with van der Waals surface area (Å²) in [5.74, 6) is 0.948. The minimum atomic E-state index is -3.58. The lowest BCUT2D eigenvalue weighted by Gasteiger charge is -2.16. The quantitative estimate of drug-likeness (QED) is 0.899. The van der Waals surface area contributed by atoms with Crippen molar-refractivity contribution in [1.82, 2.24) is 9.71 Å². The van der Waals surface area contributed by atoms with Gasteiger partial charge in [-0.25, -0.2) is 18.1 Å². The second kappa shape index (κ2) is 6.86. The minimum absolute atomic E-state index is 0.159. The molecular formula is C16H18ClN3O2S. The van der Waals surface area contributed by atoms with Crippen LogP contribution < -0.4 is 9.62 Å². The maximum Gasteiger partial charge on any atom is 0.240 e. The average molecular weight is 352 g/mol. The van der Waals surface area contributed by atoms with Crippen molar-refractivity contribution in [2.24, 2.45) is 0 Å². The first-order valence-corrected chi connectivity index (χ1v) is 9.36. The lowest BCUT2D eigenvalue weighted by molar-refractivity contribution is 0.581. The normalized spacial score (nSPS) is 15.1. The van der Waals surface area contributed by atoms with Crippen molar-refractivity contribution in [2.45, 2.75) is 24.3 Å². The first-order valence-electron chi connectivity index (χ1n) is 7.50. The molecule has 7 heteroatoms. The molecule has 1 fully saturated rings. The number of nitrogens with one attached hydrogen (secondary N) is 1. The fraction of sp³-hybridized carbons (Fsp3) is 0.312. The van der Waals surface area contributed by atoms with Gasteiger partial charge in [-0.1, -0.05) is 23.7 Å². The van der Waals surface area contributed by atoms with Crippen LogP contribution in [-0.4, -0.2) is 26.5 Å². The van der Waals surface area contributed by atoms with Gasteiger partial charge in [0, 0.05) is 30.9 Å². The van der Waals surface area contributed by atoms with Gasteiger partial charge in [-0.05, 0) is 42.7 Å². The molecule has 1 aliphatic heterocycles. The average Bonchev–Trinajstić information content (AvgIpc) is 3.08. The van der Waals surface area contributed by atoms with E-state index in [1.165, 1.54) is 25.0 Å². The molecule has 0 radical (unpaired) electrons. The van der Waals surface area contributed by atoms with E-state index >= 15 is 0 Å². The molecule has 1 N–H and O–H groups in total. The summed E-state index contributed by atoms with van der Waals surface area (Å²) in [5, 5.41) is 0.393. The smallest absolute Gasteiger partial charge is 0.240 e. The molecule has 1 aromatic heterocycles. The molecule has 0 unspecified atom stereocenters. The van der Waals surface area contributed by atoms with Crippen molar-refractivity contribution in [3.05, 3.63) is 53.2 Å². The number of aromatic nitrogens is 1. The number of hydrogen-bond donors (Lipinski definition) is 1. The minimum Gasteiger partial charge on any atom is -0.357 e. The van der Waals surface area contributed by atoms with Crippen LogP contribution in [0.4, 0.5) is 5.82 Å². The van der Waals surface area contributed by atoms with Crippen LogP contribution in [-0.2, 0) is 16.6 Å². The molecule has 0 atom stereocenters. The van der Waals surface area contributed by atoms with Gasteiger partial charge in [-0.15, -0.1) is 0 Å².